The van der Waals surface area contributed by atoms with Crippen LogP contribution in [0, 0.1) is 0 Å². The van der Waals surface area contributed by atoms with Crippen LogP contribution in [0.2, 0.25) is 0 Å². The summed E-state index contributed by atoms with van der Waals surface area (Å²) in [6, 6.07) is 7.32. The summed E-state index contributed by atoms with van der Waals surface area (Å²) < 4.78 is 1.23. The average molecular weight is 246 g/mol. The lowest BCUT2D eigenvalue weighted by Gasteiger charge is -1.98. The first-order valence-electron chi connectivity index (χ1n) is 4.75. The molecule has 6 nitrogen and oxygen atoms in total. The number of hydrogen-bond acceptors (Lipinski definition) is 5. The van der Waals surface area contributed by atoms with E-state index in [-0.39, 0.29) is 5.82 Å². The van der Waals surface area contributed by atoms with Gasteiger partial charge in [-0.15, -0.1) is 21.5 Å². The van der Waals surface area contributed by atoms with Gasteiger partial charge in [0.05, 0.1) is 4.88 Å². The zero-order valence-corrected chi connectivity index (χ0v) is 9.26. The minimum Gasteiger partial charge on any atom is -0.475 e. The van der Waals surface area contributed by atoms with E-state index in [1.165, 1.54) is 15.9 Å². The highest BCUT2D eigenvalue weighted by Gasteiger charge is 2.14. The normalized spacial score (nSPS) is 10.8. The highest BCUT2D eigenvalue weighted by atomic mass is 32.1. The molecule has 0 bridgehead atoms. The predicted octanol–water partition coefficient (Wildman–Crippen LogP) is 1.55. The number of rotatable bonds is 2. The summed E-state index contributed by atoms with van der Waals surface area (Å²) >= 11 is 1.54. The third-order valence-corrected chi connectivity index (χ3v) is 3.12. The fourth-order valence-corrected chi connectivity index (χ4v) is 2.17. The zero-order valence-electron chi connectivity index (χ0n) is 8.44. The molecule has 0 spiro atoms. The molecule has 0 amide bonds. The molecule has 3 aromatic heterocycles. The Labute approximate surface area is 99.2 Å². The molecule has 0 atom stereocenters. The molecule has 0 aliphatic rings. The number of carbonyl (C=O) groups is 1. The van der Waals surface area contributed by atoms with Crippen LogP contribution in [0.3, 0.4) is 0 Å². The van der Waals surface area contributed by atoms with Crippen molar-refractivity contribution in [3.05, 3.63) is 35.5 Å². The number of fused-ring (bicyclic) bond motifs is 1. The molecule has 3 heterocycles. The fraction of sp³-hybridized carbons (Fsp3) is 0. The Kier molecular flexibility index (Phi) is 2.12. The van der Waals surface area contributed by atoms with Crippen LogP contribution >= 0.6 is 11.3 Å². The van der Waals surface area contributed by atoms with Crippen molar-refractivity contribution in [1.29, 1.82) is 0 Å². The highest BCUT2D eigenvalue weighted by molar-refractivity contribution is 7.13. The van der Waals surface area contributed by atoms with Crippen molar-refractivity contribution in [3.8, 4) is 10.6 Å². The molecule has 1 N–H and O–H groups in total. The molecule has 84 valence electrons. The summed E-state index contributed by atoms with van der Waals surface area (Å²) in [4.78, 5) is 11.9. The van der Waals surface area contributed by atoms with Gasteiger partial charge in [-0.2, -0.15) is 9.61 Å². The smallest absolute Gasteiger partial charge is 0.375 e. The van der Waals surface area contributed by atoms with Crippen LogP contribution < -0.4 is 0 Å². The van der Waals surface area contributed by atoms with Crippen LogP contribution in [0.25, 0.3) is 16.2 Å². The SMILES string of the molecule is O=C(O)c1nnc2ccc(-c3cccs3)nn12. The Morgan fingerprint density at radius 1 is 1.29 bits per heavy atom. The number of nitrogens with zero attached hydrogens (tertiary/aromatic N) is 4. The van der Waals surface area contributed by atoms with Gasteiger partial charge in [0.1, 0.15) is 5.69 Å². The first kappa shape index (κ1) is 9.91. The Bertz CT molecular complexity index is 689. The van der Waals surface area contributed by atoms with Crippen molar-refractivity contribution in [2.45, 2.75) is 0 Å². The molecule has 0 saturated heterocycles. The standard InChI is InChI=1S/C10H6N4O2S/c15-10(16)9-12-11-8-4-3-6(13-14(8)9)7-2-1-5-17-7/h1-5H,(H,15,16). The third-order valence-electron chi connectivity index (χ3n) is 2.23. The van der Waals surface area contributed by atoms with Crippen molar-refractivity contribution < 1.29 is 9.90 Å². The lowest BCUT2D eigenvalue weighted by Crippen LogP contribution is -2.06. The van der Waals surface area contributed by atoms with Gasteiger partial charge < -0.3 is 5.11 Å². The van der Waals surface area contributed by atoms with E-state index < -0.39 is 5.97 Å². The molecular weight excluding hydrogens is 240 g/mol. The molecule has 0 fully saturated rings. The van der Waals surface area contributed by atoms with Crippen molar-refractivity contribution >= 4 is 23.0 Å². The van der Waals surface area contributed by atoms with Crippen LogP contribution in [0.5, 0.6) is 0 Å². The monoisotopic (exact) mass is 246 g/mol. The van der Waals surface area contributed by atoms with Gasteiger partial charge >= 0.3 is 5.97 Å². The van der Waals surface area contributed by atoms with Gasteiger partial charge in [0.25, 0.3) is 5.82 Å². The van der Waals surface area contributed by atoms with Crippen molar-refractivity contribution in [1.82, 2.24) is 19.8 Å². The molecule has 0 saturated carbocycles. The summed E-state index contributed by atoms with van der Waals surface area (Å²) in [6.45, 7) is 0. The van der Waals surface area contributed by atoms with E-state index in [2.05, 4.69) is 15.3 Å². The van der Waals surface area contributed by atoms with E-state index in [0.29, 0.717) is 11.3 Å². The van der Waals surface area contributed by atoms with Crippen LogP contribution in [0.4, 0.5) is 0 Å². The average Bonchev–Trinajstić information content (AvgIpc) is 2.97. The molecule has 0 aromatic carbocycles. The summed E-state index contributed by atoms with van der Waals surface area (Å²) in [5.74, 6) is -1.33. The topological polar surface area (TPSA) is 80.4 Å². The van der Waals surface area contributed by atoms with Gasteiger partial charge in [0.2, 0.25) is 0 Å². The Balaban J connectivity index is 2.24. The van der Waals surface area contributed by atoms with Crippen LogP contribution in [0.15, 0.2) is 29.6 Å². The van der Waals surface area contributed by atoms with Gasteiger partial charge in [-0.3, -0.25) is 0 Å². The maximum atomic E-state index is 10.9. The second kappa shape index (κ2) is 3.63. The molecule has 0 unspecified atom stereocenters. The van der Waals surface area contributed by atoms with E-state index in [9.17, 15) is 4.79 Å². The lowest BCUT2D eigenvalue weighted by atomic mass is 10.3. The second-order valence-corrected chi connectivity index (χ2v) is 4.24. The summed E-state index contributed by atoms with van der Waals surface area (Å²) in [6.07, 6.45) is 0. The van der Waals surface area contributed by atoms with Crippen LogP contribution in [0.1, 0.15) is 10.6 Å². The van der Waals surface area contributed by atoms with Gasteiger partial charge in [-0.05, 0) is 23.6 Å². The van der Waals surface area contributed by atoms with Crippen LogP contribution in [-0.4, -0.2) is 30.9 Å². The second-order valence-electron chi connectivity index (χ2n) is 3.29. The molecule has 17 heavy (non-hydrogen) atoms. The Hall–Kier alpha value is -2.28. The molecule has 7 heteroatoms. The zero-order chi connectivity index (χ0) is 11.8. The molecule has 3 rings (SSSR count). The third kappa shape index (κ3) is 1.56. The first-order chi connectivity index (χ1) is 8.25. The number of thiophene rings is 1. The maximum Gasteiger partial charge on any atom is 0.375 e. The Morgan fingerprint density at radius 3 is 2.88 bits per heavy atom. The quantitative estimate of drug-likeness (QED) is 0.742. The minimum absolute atomic E-state index is 0.182. The van der Waals surface area contributed by atoms with Crippen molar-refractivity contribution in [2.24, 2.45) is 0 Å². The van der Waals surface area contributed by atoms with E-state index in [1.807, 2.05) is 17.5 Å². The highest BCUT2D eigenvalue weighted by Crippen LogP contribution is 2.22. The van der Waals surface area contributed by atoms with E-state index in [4.69, 9.17) is 5.11 Å². The van der Waals surface area contributed by atoms with Gasteiger partial charge in [-0.25, -0.2) is 4.79 Å². The van der Waals surface area contributed by atoms with Gasteiger partial charge in [-0.1, -0.05) is 6.07 Å². The number of aromatic nitrogens is 4. The summed E-state index contributed by atoms with van der Waals surface area (Å²) in [5, 5.41) is 22.4. The van der Waals surface area contributed by atoms with E-state index in [1.54, 1.807) is 12.1 Å². The number of carboxylic acid groups (broad SMARTS) is 1. The van der Waals surface area contributed by atoms with Crippen molar-refractivity contribution in [3.63, 3.8) is 0 Å². The molecular formula is C10H6N4O2S. The van der Waals surface area contributed by atoms with E-state index >= 15 is 0 Å². The van der Waals surface area contributed by atoms with Gasteiger partial charge in [0, 0.05) is 0 Å². The molecule has 0 aliphatic heterocycles. The lowest BCUT2D eigenvalue weighted by molar-refractivity contribution is 0.0680. The molecule has 3 aromatic rings. The minimum atomic E-state index is -1.15. The van der Waals surface area contributed by atoms with Gasteiger partial charge in [0.15, 0.2) is 5.65 Å². The fourth-order valence-electron chi connectivity index (χ4n) is 1.48. The number of aromatic carboxylic acids is 1. The summed E-state index contributed by atoms with van der Waals surface area (Å²) in [7, 11) is 0. The first-order valence-corrected chi connectivity index (χ1v) is 5.63. The maximum absolute atomic E-state index is 10.9. The number of hydrogen-bond donors (Lipinski definition) is 1. The summed E-state index contributed by atoms with van der Waals surface area (Å²) in [5.41, 5.74) is 1.12. The van der Waals surface area contributed by atoms with Crippen molar-refractivity contribution in [2.75, 3.05) is 0 Å². The largest absolute Gasteiger partial charge is 0.475 e. The Morgan fingerprint density at radius 2 is 2.18 bits per heavy atom. The number of carboxylic acids is 1. The molecule has 0 radical (unpaired) electrons. The predicted molar refractivity (Wildman–Crippen MR) is 61.1 cm³/mol. The van der Waals surface area contributed by atoms with Crippen LogP contribution in [-0.2, 0) is 0 Å². The van der Waals surface area contributed by atoms with E-state index in [0.717, 1.165) is 4.88 Å². The molecule has 0 aliphatic carbocycles.